The van der Waals surface area contributed by atoms with E-state index in [4.69, 9.17) is 4.74 Å². The summed E-state index contributed by atoms with van der Waals surface area (Å²) >= 11 is 1.70. The standard InChI is InChI=1S/C25H31FN2O3S/c1-17(2)13-24(29)27(14-18-3-4-18)15-25(30)28-11-9-23-21(10-12-32-23)22(28)16-31-20-7-5-19(26)6-8-20/h5-8,10,12,17-18,22H,3-4,9,11,13-16H2,1-2H3/t22-/m1/s1. The Labute approximate surface area is 193 Å². The molecule has 172 valence electrons. The van der Waals surface area contributed by atoms with Crippen LogP contribution in [0.1, 0.15) is 49.6 Å². The number of rotatable bonds is 9. The molecule has 1 saturated carbocycles. The molecular formula is C25H31FN2O3S. The van der Waals surface area contributed by atoms with Gasteiger partial charge in [-0.25, -0.2) is 4.39 Å². The first kappa shape index (κ1) is 22.8. The van der Waals surface area contributed by atoms with Crippen LogP contribution in [0, 0.1) is 17.7 Å². The van der Waals surface area contributed by atoms with E-state index in [0.717, 1.165) is 24.8 Å². The van der Waals surface area contributed by atoms with Crippen LogP contribution >= 0.6 is 11.3 Å². The number of ether oxygens (including phenoxy) is 1. The SMILES string of the molecule is CC(C)CC(=O)N(CC(=O)N1CCc2sccc2[C@H]1COc1ccc(F)cc1)CC1CC1. The highest BCUT2D eigenvalue weighted by Gasteiger charge is 2.35. The van der Waals surface area contributed by atoms with Crippen molar-refractivity contribution in [1.29, 1.82) is 0 Å². The summed E-state index contributed by atoms with van der Waals surface area (Å²) in [5.74, 6) is 1.08. The number of hydrogen-bond donors (Lipinski definition) is 0. The Bertz CT molecular complexity index is 939. The van der Waals surface area contributed by atoms with Gasteiger partial charge in [0.25, 0.3) is 0 Å². The minimum absolute atomic E-state index is 0.0349. The third-order valence-electron chi connectivity index (χ3n) is 6.07. The first-order chi connectivity index (χ1) is 15.4. The molecule has 2 heterocycles. The first-order valence-electron chi connectivity index (χ1n) is 11.4. The van der Waals surface area contributed by atoms with Crippen molar-refractivity contribution in [2.75, 3.05) is 26.2 Å². The summed E-state index contributed by atoms with van der Waals surface area (Å²) in [7, 11) is 0. The molecule has 7 heteroatoms. The summed E-state index contributed by atoms with van der Waals surface area (Å²) in [6, 6.07) is 7.77. The van der Waals surface area contributed by atoms with Gasteiger partial charge in [-0.1, -0.05) is 13.8 Å². The molecule has 0 radical (unpaired) electrons. The minimum atomic E-state index is -0.311. The van der Waals surface area contributed by atoms with Gasteiger partial charge in [0.1, 0.15) is 18.2 Å². The smallest absolute Gasteiger partial charge is 0.242 e. The van der Waals surface area contributed by atoms with Crippen LogP contribution in [-0.2, 0) is 16.0 Å². The molecule has 1 fully saturated rings. The molecule has 4 rings (SSSR count). The lowest BCUT2D eigenvalue weighted by Gasteiger charge is -2.37. The Hall–Kier alpha value is -2.41. The van der Waals surface area contributed by atoms with Crippen molar-refractivity contribution < 1.29 is 18.7 Å². The molecule has 0 spiro atoms. The summed E-state index contributed by atoms with van der Waals surface area (Å²) < 4.78 is 19.2. The first-order valence-corrected chi connectivity index (χ1v) is 12.3. The van der Waals surface area contributed by atoms with Gasteiger partial charge in [0.2, 0.25) is 11.8 Å². The summed E-state index contributed by atoms with van der Waals surface area (Å²) in [4.78, 5) is 31.1. The van der Waals surface area contributed by atoms with Crippen LogP contribution in [0.5, 0.6) is 5.75 Å². The van der Waals surface area contributed by atoms with E-state index in [1.54, 1.807) is 28.4 Å². The normalized spacial score (nSPS) is 17.9. The molecule has 0 unspecified atom stereocenters. The largest absolute Gasteiger partial charge is 0.491 e. The molecule has 1 atom stereocenters. The lowest BCUT2D eigenvalue weighted by Crippen LogP contribution is -2.48. The Balaban J connectivity index is 1.48. The second-order valence-electron chi connectivity index (χ2n) is 9.23. The Morgan fingerprint density at radius 3 is 2.66 bits per heavy atom. The van der Waals surface area contributed by atoms with Crippen LogP contribution in [0.2, 0.25) is 0 Å². The second-order valence-corrected chi connectivity index (χ2v) is 10.2. The van der Waals surface area contributed by atoms with Crippen molar-refractivity contribution in [2.24, 2.45) is 11.8 Å². The van der Waals surface area contributed by atoms with Crippen molar-refractivity contribution in [2.45, 2.75) is 45.6 Å². The third kappa shape index (κ3) is 5.68. The van der Waals surface area contributed by atoms with Gasteiger partial charge in [-0.2, -0.15) is 0 Å². The van der Waals surface area contributed by atoms with Crippen molar-refractivity contribution >= 4 is 23.2 Å². The van der Waals surface area contributed by atoms with Crippen LogP contribution < -0.4 is 4.74 Å². The van der Waals surface area contributed by atoms with Crippen molar-refractivity contribution in [1.82, 2.24) is 9.80 Å². The number of nitrogens with zero attached hydrogens (tertiary/aromatic N) is 2. The Morgan fingerprint density at radius 2 is 1.97 bits per heavy atom. The lowest BCUT2D eigenvalue weighted by atomic mass is 10.00. The highest BCUT2D eigenvalue weighted by atomic mass is 32.1. The molecule has 32 heavy (non-hydrogen) atoms. The fourth-order valence-corrected chi connectivity index (χ4v) is 5.11. The van der Waals surface area contributed by atoms with Crippen LogP contribution in [0.4, 0.5) is 4.39 Å². The number of amides is 2. The molecule has 2 aliphatic rings. The van der Waals surface area contributed by atoms with Crippen molar-refractivity contribution in [3.8, 4) is 5.75 Å². The Kier molecular flexibility index (Phi) is 7.13. The molecular weight excluding hydrogens is 427 g/mol. The molecule has 1 aromatic heterocycles. The number of carbonyl (C=O) groups is 2. The van der Waals surface area contributed by atoms with Crippen molar-refractivity contribution in [3.05, 3.63) is 52.0 Å². The number of hydrogen-bond acceptors (Lipinski definition) is 4. The number of fused-ring (bicyclic) bond motifs is 1. The van der Waals surface area contributed by atoms with Crippen LogP contribution in [0.3, 0.4) is 0 Å². The maximum absolute atomic E-state index is 13.4. The maximum Gasteiger partial charge on any atom is 0.242 e. The maximum atomic E-state index is 13.4. The van der Waals surface area contributed by atoms with E-state index in [2.05, 4.69) is 11.4 Å². The minimum Gasteiger partial charge on any atom is -0.491 e. The van der Waals surface area contributed by atoms with Gasteiger partial charge in [-0.3, -0.25) is 9.59 Å². The topological polar surface area (TPSA) is 49.9 Å². The fraction of sp³-hybridized carbons (Fsp3) is 0.520. The molecule has 1 aliphatic carbocycles. The Morgan fingerprint density at radius 1 is 1.22 bits per heavy atom. The van der Waals surface area contributed by atoms with Gasteiger partial charge in [-0.15, -0.1) is 11.3 Å². The van der Waals surface area contributed by atoms with Gasteiger partial charge in [-0.05, 0) is 72.4 Å². The molecule has 5 nitrogen and oxygen atoms in total. The summed E-state index contributed by atoms with van der Waals surface area (Å²) in [6.45, 7) is 5.75. The fourth-order valence-electron chi connectivity index (χ4n) is 4.18. The lowest BCUT2D eigenvalue weighted by molar-refractivity contribution is -0.143. The van der Waals surface area contributed by atoms with Gasteiger partial charge in [0.05, 0.1) is 12.6 Å². The molecule has 0 saturated heterocycles. The number of benzene rings is 1. The second kappa shape index (κ2) is 10.0. The third-order valence-corrected chi connectivity index (χ3v) is 7.07. The zero-order chi connectivity index (χ0) is 22.7. The van der Waals surface area contributed by atoms with E-state index in [9.17, 15) is 14.0 Å². The van der Waals surface area contributed by atoms with Gasteiger partial charge < -0.3 is 14.5 Å². The van der Waals surface area contributed by atoms with E-state index in [0.29, 0.717) is 37.8 Å². The average Bonchev–Trinajstić information content (AvgIpc) is 3.44. The van der Waals surface area contributed by atoms with Crippen LogP contribution in [0.25, 0.3) is 0 Å². The van der Waals surface area contributed by atoms with Crippen LogP contribution in [0.15, 0.2) is 35.7 Å². The number of halogens is 1. The van der Waals surface area contributed by atoms with Crippen LogP contribution in [-0.4, -0.2) is 47.9 Å². The predicted octanol–water partition coefficient (Wildman–Crippen LogP) is 4.68. The summed E-state index contributed by atoms with van der Waals surface area (Å²) in [5.41, 5.74) is 1.11. The van der Waals surface area contributed by atoms with E-state index in [1.807, 2.05) is 18.7 Å². The molecule has 0 N–H and O–H groups in total. The summed E-state index contributed by atoms with van der Waals surface area (Å²) in [6.07, 6.45) is 3.55. The van der Waals surface area contributed by atoms with Gasteiger partial charge in [0, 0.05) is 24.4 Å². The molecule has 0 bridgehead atoms. The van der Waals surface area contributed by atoms with Gasteiger partial charge >= 0.3 is 0 Å². The average molecular weight is 459 g/mol. The number of thiophene rings is 1. The zero-order valence-electron chi connectivity index (χ0n) is 18.8. The predicted molar refractivity (Wildman–Crippen MR) is 123 cm³/mol. The summed E-state index contributed by atoms with van der Waals surface area (Å²) in [5, 5.41) is 2.05. The molecule has 2 aromatic rings. The van der Waals surface area contributed by atoms with Gasteiger partial charge in [0.15, 0.2) is 0 Å². The monoisotopic (exact) mass is 458 g/mol. The molecule has 1 aromatic carbocycles. The van der Waals surface area contributed by atoms with E-state index in [1.165, 1.54) is 17.0 Å². The zero-order valence-corrected chi connectivity index (χ0v) is 19.6. The van der Waals surface area contributed by atoms with E-state index in [-0.39, 0.29) is 36.1 Å². The highest BCUT2D eigenvalue weighted by molar-refractivity contribution is 7.10. The number of carbonyl (C=O) groups excluding carboxylic acids is 2. The highest BCUT2D eigenvalue weighted by Crippen LogP contribution is 2.34. The quantitative estimate of drug-likeness (QED) is 0.548. The van der Waals surface area contributed by atoms with E-state index < -0.39 is 0 Å². The van der Waals surface area contributed by atoms with E-state index >= 15 is 0 Å². The van der Waals surface area contributed by atoms with Crippen molar-refractivity contribution in [3.63, 3.8) is 0 Å². The molecule has 2 amide bonds. The molecule has 1 aliphatic heterocycles.